The van der Waals surface area contributed by atoms with Crippen LogP contribution in [0.25, 0.3) is 0 Å². The third-order valence-electron chi connectivity index (χ3n) is 2.71. The molecular weight excluding hydrogens is 372 g/mol. The lowest BCUT2D eigenvalue weighted by Gasteiger charge is -2.13. The van der Waals surface area contributed by atoms with Gasteiger partial charge in [-0.05, 0) is 36.8 Å². The molecule has 0 unspecified atom stereocenters. The summed E-state index contributed by atoms with van der Waals surface area (Å²) in [6.07, 6.45) is 0. The van der Waals surface area contributed by atoms with E-state index in [4.69, 9.17) is 9.47 Å². The van der Waals surface area contributed by atoms with Crippen LogP contribution in [-0.4, -0.2) is 7.11 Å². The van der Waals surface area contributed by atoms with Crippen LogP contribution in [0.15, 0.2) is 40.9 Å². The number of hydrogen-bond donors (Lipinski definition) is 0. The van der Waals surface area contributed by atoms with E-state index >= 15 is 0 Å². The van der Waals surface area contributed by atoms with Crippen molar-refractivity contribution in [2.24, 2.45) is 0 Å². The molecule has 0 amide bonds. The molecule has 0 heterocycles. The summed E-state index contributed by atoms with van der Waals surface area (Å²) in [5.41, 5.74) is 2.23. The first kappa shape index (κ1) is 14.4. The first-order chi connectivity index (χ1) is 9.13. The lowest BCUT2D eigenvalue weighted by atomic mass is 10.2. The predicted octanol–water partition coefficient (Wildman–Crippen LogP) is 5.45. The van der Waals surface area contributed by atoms with Crippen molar-refractivity contribution in [2.75, 3.05) is 7.11 Å². The monoisotopic (exact) mass is 384 g/mol. The van der Waals surface area contributed by atoms with E-state index in [1.54, 1.807) is 7.11 Å². The van der Waals surface area contributed by atoms with Crippen LogP contribution in [0.5, 0.6) is 17.2 Å². The van der Waals surface area contributed by atoms with E-state index in [9.17, 15) is 0 Å². The molecule has 0 saturated heterocycles. The summed E-state index contributed by atoms with van der Waals surface area (Å²) in [7, 11) is 1.65. The van der Waals surface area contributed by atoms with E-state index in [-0.39, 0.29) is 0 Å². The number of aryl methyl sites for hydroxylation is 1. The molecule has 2 aromatic carbocycles. The van der Waals surface area contributed by atoms with E-state index in [1.165, 1.54) is 0 Å². The summed E-state index contributed by atoms with van der Waals surface area (Å²) in [5.74, 6) is 2.27. The van der Waals surface area contributed by atoms with Gasteiger partial charge < -0.3 is 9.47 Å². The van der Waals surface area contributed by atoms with E-state index in [0.717, 1.165) is 32.4 Å². The molecule has 0 N–H and O–H groups in total. The second kappa shape index (κ2) is 6.44. The van der Waals surface area contributed by atoms with Gasteiger partial charge >= 0.3 is 0 Å². The molecule has 0 aliphatic carbocycles. The van der Waals surface area contributed by atoms with Crippen molar-refractivity contribution < 1.29 is 9.47 Å². The number of methoxy groups -OCH3 is 1. The van der Waals surface area contributed by atoms with Gasteiger partial charge in [-0.3, -0.25) is 0 Å². The number of halogens is 2. The van der Waals surface area contributed by atoms with Crippen molar-refractivity contribution in [1.29, 1.82) is 0 Å². The zero-order chi connectivity index (χ0) is 13.8. The molecule has 0 radical (unpaired) electrons. The van der Waals surface area contributed by atoms with Gasteiger partial charge in [0.2, 0.25) is 0 Å². The number of hydrogen-bond acceptors (Lipinski definition) is 2. The Morgan fingerprint density at radius 1 is 1.00 bits per heavy atom. The van der Waals surface area contributed by atoms with Gasteiger partial charge in [0, 0.05) is 15.4 Å². The zero-order valence-electron chi connectivity index (χ0n) is 10.7. The molecule has 0 fully saturated rings. The van der Waals surface area contributed by atoms with E-state index in [1.807, 2.05) is 43.3 Å². The largest absolute Gasteiger partial charge is 0.493 e. The Balaban J connectivity index is 2.38. The lowest BCUT2D eigenvalue weighted by Crippen LogP contribution is -1.93. The van der Waals surface area contributed by atoms with E-state index < -0.39 is 0 Å². The fourth-order valence-electron chi connectivity index (χ4n) is 1.71. The van der Waals surface area contributed by atoms with Crippen molar-refractivity contribution in [3.63, 3.8) is 0 Å². The van der Waals surface area contributed by atoms with Gasteiger partial charge in [0.25, 0.3) is 0 Å². The Kier molecular flexibility index (Phi) is 4.88. The Morgan fingerprint density at radius 2 is 1.79 bits per heavy atom. The summed E-state index contributed by atoms with van der Waals surface area (Å²) < 4.78 is 12.3. The SMILES string of the molecule is COc1cc(C)ccc1Oc1cc(Br)ccc1CBr. The molecule has 0 aromatic heterocycles. The Bertz CT molecular complexity index is 582. The highest BCUT2D eigenvalue weighted by molar-refractivity contribution is 9.10. The maximum atomic E-state index is 5.97. The van der Waals surface area contributed by atoms with E-state index in [2.05, 4.69) is 31.9 Å². The molecule has 0 atom stereocenters. The average Bonchev–Trinajstić information content (AvgIpc) is 2.41. The number of alkyl halides is 1. The maximum Gasteiger partial charge on any atom is 0.169 e. The smallest absolute Gasteiger partial charge is 0.169 e. The minimum Gasteiger partial charge on any atom is -0.493 e. The molecule has 0 aliphatic rings. The van der Waals surface area contributed by atoms with Gasteiger partial charge in [-0.15, -0.1) is 0 Å². The lowest BCUT2D eigenvalue weighted by molar-refractivity contribution is 0.377. The van der Waals surface area contributed by atoms with Crippen molar-refractivity contribution in [2.45, 2.75) is 12.3 Å². The van der Waals surface area contributed by atoms with Crippen LogP contribution in [0.4, 0.5) is 0 Å². The molecule has 0 spiro atoms. The van der Waals surface area contributed by atoms with Gasteiger partial charge in [-0.25, -0.2) is 0 Å². The zero-order valence-corrected chi connectivity index (χ0v) is 13.9. The third-order valence-corrected chi connectivity index (χ3v) is 3.81. The second-order valence-corrected chi connectivity index (χ2v) is 5.62. The van der Waals surface area contributed by atoms with Crippen LogP contribution in [-0.2, 0) is 5.33 Å². The Morgan fingerprint density at radius 3 is 2.47 bits per heavy atom. The topological polar surface area (TPSA) is 18.5 Å². The molecule has 4 heteroatoms. The fraction of sp³-hybridized carbons (Fsp3) is 0.200. The maximum absolute atomic E-state index is 5.97. The minimum atomic E-state index is 0.716. The highest BCUT2D eigenvalue weighted by Gasteiger charge is 2.09. The Hall–Kier alpha value is -1.000. The third kappa shape index (κ3) is 3.51. The van der Waals surface area contributed by atoms with Gasteiger partial charge in [0.05, 0.1) is 7.11 Å². The van der Waals surface area contributed by atoms with Gasteiger partial charge in [0.15, 0.2) is 11.5 Å². The molecule has 2 nitrogen and oxygen atoms in total. The number of ether oxygens (including phenoxy) is 2. The number of benzene rings is 2. The Labute approximate surface area is 130 Å². The molecular formula is C15H14Br2O2. The van der Waals surface area contributed by atoms with E-state index in [0.29, 0.717) is 5.75 Å². The van der Waals surface area contributed by atoms with Gasteiger partial charge in [-0.2, -0.15) is 0 Å². The summed E-state index contributed by atoms with van der Waals surface area (Å²) in [5, 5.41) is 0.740. The minimum absolute atomic E-state index is 0.716. The molecule has 0 aliphatic heterocycles. The molecule has 2 aromatic rings. The van der Waals surface area contributed by atoms with Crippen LogP contribution in [0, 0.1) is 6.92 Å². The van der Waals surface area contributed by atoms with Crippen LogP contribution in [0.2, 0.25) is 0 Å². The fourth-order valence-corrected chi connectivity index (χ4v) is 2.51. The normalized spacial score (nSPS) is 10.3. The highest BCUT2D eigenvalue weighted by atomic mass is 79.9. The van der Waals surface area contributed by atoms with Crippen LogP contribution in [0.1, 0.15) is 11.1 Å². The van der Waals surface area contributed by atoms with Crippen molar-refractivity contribution in [1.82, 2.24) is 0 Å². The van der Waals surface area contributed by atoms with Crippen molar-refractivity contribution in [3.05, 3.63) is 52.0 Å². The molecule has 100 valence electrons. The molecule has 2 rings (SSSR count). The van der Waals surface area contributed by atoms with Gasteiger partial charge in [-0.1, -0.05) is 44.0 Å². The summed E-state index contributed by atoms with van der Waals surface area (Å²) >= 11 is 6.93. The number of rotatable bonds is 4. The van der Waals surface area contributed by atoms with Crippen LogP contribution < -0.4 is 9.47 Å². The first-order valence-corrected chi connectivity index (χ1v) is 7.72. The van der Waals surface area contributed by atoms with Crippen molar-refractivity contribution in [3.8, 4) is 17.2 Å². The van der Waals surface area contributed by atoms with Crippen LogP contribution >= 0.6 is 31.9 Å². The summed E-state index contributed by atoms with van der Waals surface area (Å²) in [6, 6.07) is 11.9. The molecule has 0 saturated carbocycles. The second-order valence-electron chi connectivity index (χ2n) is 4.14. The highest BCUT2D eigenvalue weighted by Crippen LogP contribution is 2.35. The van der Waals surface area contributed by atoms with Crippen LogP contribution in [0.3, 0.4) is 0 Å². The van der Waals surface area contributed by atoms with Gasteiger partial charge in [0.1, 0.15) is 5.75 Å². The quantitative estimate of drug-likeness (QED) is 0.651. The van der Waals surface area contributed by atoms with Crippen molar-refractivity contribution >= 4 is 31.9 Å². The standard InChI is InChI=1S/C15H14Br2O2/c1-10-3-6-13(15(7-10)18-2)19-14-8-12(17)5-4-11(14)9-16/h3-8H,9H2,1-2H3. The molecule has 19 heavy (non-hydrogen) atoms. The average molecular weight is 386 g/mol. The summed E-state index contributed by atoms with van der Waals surface area (Å²) in [6.45, 7) is 2.02. The summed E-state index contributed by atoms with van der Waals surface area (Å²) in [4.78, 5) is 0. The predicted molar refractivity (Wildman–Crippen MR) is 84.6 cm³/mol. The molecule has 0 bridgehead atoms. The first-order valence-electron chi connectivity index (χ1n) is 5.81.